The molecule has 1 aliphatic heterocycles. The van der Waals surface area contributed by atoms with Gasteiger partial charge in [-0.3, -0.25) is 24.0 Å². The third kappa shape index (κ3) is 8.34. The molecular weight excluding hydrogens is 462 g/mol. The standard InChI is InChI=1S/C22H31N5O6S/c23-8-3-4-9-26-11-18(28)25-17(21(24)32)14-34-13-15-5-1-2-6-16(15)22(33)27(12-19(26)29)10-7-20(30)31/h1-2,5-6,17H,3-4,7-14,23H2,(H2,24,32)(H,25,28)(H,30,31). The third-order valence-electron chi connectivity index (χ3n) is 5.25. The number of carbonyl (C=O) groups is 5. The minimum atomic E-state index is -1.10. The second-order valence-corrected chi connectivity index (χ2v) is 8.91. The Bertz CT molecular complexity index is 912. The average molecular weight is 494 g/mol. The zero-order chi connectivity index (χ0) is 25.1. The number of thioether (sulfide) groups is 1. The van der Waals surface area contributed by atoms with Crippen molar-refractivity contribution in [3.63, 3.8) is 0 Å². The summed E-state index contributed by atoms with van der Waals surface area (Å²) in [5, 5.41) is 11.7. The molecule has 0 radical (unpaired) electrons. The van der Waals surface area contributed by atoms with Crippen LogP contribution in [0.1, 0.15) is 35.2 Å². The van der Waals surface area contributed by atoms with E-state index in [1.807, 2.05) is 0 Å². The van der Waals surface area contributed by atoms with E-state index in [0.717, 1.165) is 0 Å². The molecule has 6 N–H and O–H groups in total. The van der Waals surface area contributed by atoms with Crippen LogP contribution in [0.25, 0.3) is 0 Å². The monoisotopic (exact) mass is 493 g/mol. The summed E-state index contributed by atoms with van der Waals surface area (Å²) >= 11 is 1.33. The Kier molecular flexibility index (Phi) is 10.8. The van der Waals surface area contributed by atoms with E-state index >= 15 is 0 Å². The minimum Gasteiger partial charge on any atom is -0.481 e. The molecule has 2 rings (SSSR count). The number of rotatable bonds is 8. The highest BCUT2D eigenvalue weighted by molar-refractivity contribution is 7.98. The first kappa shape index (κ1) is 27.1. The molecule has 4 amide bonds. The van der Waals surface area contributed by atoms with E-state index < -0.39 is 35.6 Å². The van der Waals surface area contributed by atoms with Crippen molar-refractivity contribution < 1.29 is 29.1 Å². The van der Waals surface area contributed by atoms with E-state index in [0.29, 0.717) is 36.3 Å². The van der Waals surface area contributed by atoms with Crippen molar-refractivity contribution in [1.82, 2.24) is 15.1 Å². The molecule has 0 spiro atoms. The number of amides is 4. The molecule has 0 bridgehead atoms. The summed E-state index contributed by atoms with van der Waals surface area (Å²) in [6.07, 6.45) is 0.835. The van der Waals surface area contributed by atoms with Gasteiger partial charge in [-0.25, -0.2) is 0 Å². The van der Waals surface area contributed by atoms with E-state index in [1.165, 1.54) is 21.6 Å². The fourth-order valence-electron chi connectivity index (χ4n) is 3.41. The van der Waals surface area contributed by atoms with Gasteiger partial charge < -0.3 is 31.7 Å². The lowest BCUT2D eigenvalue weighted by atomic mass is 10.1. The van der Waals surface area contributed by atoms with Gasteiger partial charge in [0, 0.05) is 30.2 Å². The first-order chi connectivity index (χ1) is 16.2. The number of carboxylic acids is 1. The van der Waals surface area contributed by atoms with Gasteiger partial charge in [0.2, 0.25) is 17.7 Å². The average Bonchev–Trinajstić information content (AvgIpc) is 2.79. The molecule has 1 aromatic carbocycles. The highest BCUT2D eigenvalue weighted by atomic mass is 32.2. The number of hydrogen-bond acceptors (Lipinski definition) is 7. The topological polar surface area (TPSA) is 176 Å². The van der Waals surface area contributed by atoms with Crippen LogP contribution in [0.15, 0.2) is 24.3 Å². The van der Waals surface area contributed by atoms with Crippen molar-refractivity contribution >= 4 is 41.4 Å². The Labute approximate surface area is 202 Å². The van der Waals surface area contributed by atoms with Crippen molar-refractivity contribution in [2.45, 2.75) is 31.1 Å². The van der Waals surface area contributed by atoms with Crippen LogP contribution in [-0.4, -0.2) is 89.0 Å². The Morgan fingerprint density at radius 3 is 2.50 bits per heavy atom. The maximum atomic E-state index is 13.4. The molecular formula is C22H31N5O6S. The van der Waals surface area contributed by atoms with Gasteiger partial charge in [0.15, 0.2) is 0 Å². The second-order valence-electron chi connectivity index (χ2n) is 7.88. The summed E-state index contributed by atoms with van der Waals surface area (Å²) in [7, 11) is 0. The van der Waals surface area contributed by atoms with Crippen molar-refractivity contribution in [1.29, 1.82) is 0 Å². The maximum Gasteiger partial charge on any atom is 0.305 e. The molecule has 1 atom stereocenters. The number of carbonyl (C=O) groups excluding carboxylic acids is 4. The van der Waals surface area contributed by atoms with Gasteiger partial charge >= 0.3 is 5.97 Å². The quantitative estimate of drug-likeness (QED) is 0.347. The van der Waals surface area contributed by atoms with Crippen LogP contribution in [0, 0.1) is 0 Å². The summed E-state index contributed by atoms with van der Waals surface area (Å²) in [4.78, 5) is 64.6. The number of nitrogens with two attached hydrogens (primary N) is 2. The van der Waals surface area contributed by atoms with E-state index in [-0.39, 0.29) is 38.4 Å². The smallest absolute Gasteiger partial charge is 0.305 e. The fourth-order valence-corrected chi connectivity index (χ4v) is 4.48. The van der Waals surface area contributed by atoms with Gasteiger partial charge in [-0.1, -0.05) is 18.2 Å². The number of fused-ring (bicyclic) bond motifs is 1. The maximum absolute atomic E-state index is 13.4. The number of nitrogens with zero attached hydrogens (tertiary/aromatic N) is 2. The largest absolute Gasteiger partial charge is 0.481 e. The lowest BCUT2D eigenvalue weighted by Crippen LogP contribution is -2.52. The van der Waals surface area contributed by atoms with Gasteiger partial charge in [0.1, 0.15) is 12.6 Å². The van der Waals surface area contributed by atoms with Gasteiger partial charge in [-0.05, 0) is 31.0 Å². The summed E-state index contributed by atoms with van der Waals surface area (Å²) in [6, 6.07) is 5.88. The Morgan fingerprint density at radius 2 is 1.82 bits per heavy atom. The van der Waals surface area contributed by atoms with Crippen LogP contribution >= 0.6 is 11.8 Å². The van der Waals surface area contributed by atoms with E-state index in [9.17, 15) is 24.0 Å². The normalized spacial score (nSPS) is 18.1. The van der Waals surface area contributed by atoms with Crippen molar-refractivity contribution in [2.75, 3.05) is 38.5 Å². The molecule has 1 unspecified atom stereocenters. The van der Waals surface area contributed by atoms with Gasteiger partial charge in [0.05, 0.1) is 13.0 Å². The van der Waals surface area contributed by atoms with E-state index in [1.54, 1.807) is 24.3 Å². The molecule has 1 heterocycles. The fraction of sp³-hybridized carbons (Fsp3) is 0.500. The number of hydrogen-bond donors (Lipinski definition) is 4. The molecule has 0 aromatic heterocycles. The van der Waals surface area contributed by atoms with Crippen LogP contribution in [-0.2, 0) is 24.9 Å². The van der Waals surface area contributed by atoms with E-state index in [4.69, 9.17) is 16.6 Å². The SMILES string of the molecule is NCCCCN1CC(=O)NC(C(N)=O)CSCc2ccccc2C(=O)N(CCC(=O)O)CC1=O. The predicted molar refractivity (Wildman–Crippen MR) is 127 cm³/mol. The molecule has 1 aliphatic rings. The van der Waals surface area contributed by atoms with Crippen LogP contribution in [0.2, 0.25) is 0 Å². The van der Waals surface area contributed by atoms with Crippen LogP contribution in [0.5, 0.6) is 0 Å². The minimum absolute atomic E-state index is 0.159. The summed E-state index contributed by atoms with van der Waals surface area (Å²) in [5.74, 6) is -2.78. The Hall–Kier alpha value is -3.12. The highest BCUT2D eigenvalue weighted by Crippen LogP contribution is 2.20. The zero-order valence-corrected chi connectivity index (χ0v) is 19.7. The molecule has 0 fully saturated rings. The number of benzene rings is 1. The van der Waals surface area contributed by atoms with E-state index in [2.05, 4.69) is 5.32 Å². The van der Waals surface area contributed by atoms with Gasteiger partial charge in [-0.2, -0.15) is 11.8 Å². The van der Waals surface area contributed by atoms with Crippen LogP contribution < -0.4 is 16.8 Å². The number of nitrogens with one attached hydrogen (secondary N) is 1. The molecule has 186 valence electrons. The van der Waals surface area contributed by atoms with Crippen molar-refractivity contribution in [3.05, 3.63) is 35.4 Å². The van der Waals surface area contributed by atoms with Crippen LogP contribution in [0.3, 0.4) is 0 Å². The molecule has 0 saturated heterocycles. The first-order valence-electron chi connectivity index (χ1n) is 11.0. The third-order valence-corrected chi connectivity index (χ3v) is 6.33. The highest BCUT2D eigenvalue weighted by Gasteiger charge is 2.27. The number of carboxylic acid groups (broad SMARTS) is 1. The van der Waals surface area contributed by atoms with Crippen molar-refractivity contribution in [3.8, 4) is 0 Å². The molecule has 0 saturated carbocycles. The van der Waals surface area contributed by atoms with Gasteiger partial charge in [-0.15, -0.1) is 0 Å². The predicted octanol–water partition coefficient (Wildman–Crippen LogP) is -0.612. The second kappa shape index (κ2) is 13.6. The molecule has 34 heavy (non-hydrogen) atoms. The zero-order valence-electron chi connectivity index (χ0n) is 18.9. The Balaban J connectivity index is 2.40. The number of unbranched alkanes of at least 4 members (excludes halogenated alkanes) is 1. The molecule has 0 aliphatic carbocycles. The number of primary amides is 1. The van der Waals surface area contributed by atoms with Crippen LogP contribution in [0.4, 0.5) is 0 Å². The molecule has 12 heteroatoms. The molecule has 1 aromatic rings. The lowest BCUT2D eigenvalue weighted by molar-refractivity contribution is -0.139. The lowest BCUT2D eigenvalue weighted by Gasteiger charge is -2.28. The number of aliphatic carboxylic acids is 1. The summed E-state index contributed by atoms with van der Waals surface area (Å²) in [5.41, 5.74) is 12.0. The molecule has 11 nitrogen and oxygen atoms in total. The Morgan fingerprint density at radius 1 is 1.09 bits per heavy atom. The first-order valence-corrected chi connectivity index (χ1v) is 12.1. The van der Waals surface area contributed by atoms with Crippen molar-refractivity contribution in [2.24, 2.45) is 11.5 Å². The van der Waals surface area contributed by atoms with Gasteiger partial charge in [0.25, 0.3) is 5.91 Å². The summed E-state index contributed by atoms with van der Waals surface area (Å²) in [6.45, 7) is -0.238. The summed E-state index contributed by atoms with van der Waals surface area (Å²) < 4.78 is 0.